The van der Waals surface area contributed by atoms with Crippen LogP contribution in [0.25, 0.3) is 6.08 Å². The van der Waals surface area contributed by atoms with Crippen molar-refractivity contribution in [2.24, 2.45) is 7.05 Å². The number of nitrogens with zero attached hydrogens (tertiary/aromatic N) is 2. The van der Waals surface area contributed by atoms with Gasteiger partial charge in [0, 0.05) is 38.5 Å². The smallest absolute Gasteiger partial charge is 0.424 e. The van der Waals surface area contributed by atoms with Gasteiger partial charge in [0.1, 0.15) is 5.82 Å². The molecule has 1 amide bonds. The van der Waals surface area contributed by atoms with Gasteiger partial charge in [0.05, 0.1) is 18.7 Å². The first kappa shape index (κ1) is 24.5. The molecular weight excluding hydrogens is 439 g/mol. The Hall–Kier alpha value is -2.72. The van der Waals surface area contributed by atoms with Gasteiger partial charge in [0.25, 0.3) is 0 Å². The highest BCUT2D eigenvalue weighted by atomic mass is 35.5. The standard InChI is InChI=1S/C20H23ClF3N3O4/c1-4-31-17-14(21)11-13(12-15(17)30-3)5-6-16(28)25-8-7-19(29,20(22,23)24)18-26-9-10-27(18)2/h5-6,9-12,29H,4,7-8H2,1-3H3,(H,25,28)/b6-5+. The van der Waals surface area contributed by atoms with Gasteiger partial charge in [-0.15, -0.1) is 0 Å². The number of hydrogen-bond acceptors (Lipinski definition) is 5. The van der Waals surface area contributed by atoms with E-state index >= 15 is 0 Å². The van der Waals surface area contributed by atoms with Crippen LogP contribution in [-0.4, -0.2) is 47.0 Å². The van der Waals surface area contributed by atoms with Crippen LogP contribution in [0.15, 0.2) is 30.6 Å². The zero-order chi connectivity index (χ0) is 23.2. The van der Waals surface area contributed by atoms with E-state index in [1.54, 1.807) is 19.1 Å². The third-order valence-corrected chi connectivity index (χ3v) is 4.69. The van der Waals surface area contributed by atoms with Crippen LogP contribution in [0.1, 0.15) is 24.7 Å². The van der Waals surface area contributed by atoms with Crippen LogP contribution in [0.2, 0.25) is 5.02 Å². The van der Waals surface area contributed by atoms with Crippen molar-refractivity contribution in [3.63, 3.8) is 0 Å². The molecule has 1 aromatic carbocycles. The Morgan fingerprint density at radius 1 is 1.39 bits per heavy atom. The second-order valence-electron chi connectivity index (χ2n) is 6.56. The van der Waals surface area contributed by atoms with E-state index < -0.39 is 36.5 Å². The summed E-state index contributed by atoms with van der Waals surface area (Å²) in [7, 11) is 2.79. The number of carbonyl (C=O) groups is 1. The van der Waals surface area contributed by atoms with Crippen molar-refractivity contribution in [3.8, 4) is 11.5 Å². The molecule has 2 rings (SSSR count). The second kappa shape index (κ2) is 10.1. The Morgan fingerprint density at radius 3 is 2.65 bits per heavy atom. The summed E-state index contributed by atoms with van der Waals surface area (Å²) in [6.45, 7) is 1.75. The van der Waals surface area contributed by atoms with Crippen LogP contribution in [-0.2, 0) is 17.4 Å². The molecule has 0 spiro atoms. The minimum atomic E-state index is -4.97. The summed E-state index contributed by atoms with van der Waals surface area (Å²) >= 11 is 6.16. The lowest BCUT2D eigenvalue weighted by Gasteiger charge is -2.29. The van der Waals surface area contributed by atoms with E-state index in [2.05, 4.69) is 10.3 Å². The third-order valence-electron chi connectivity index (χ3n) is 4.41. The number of amides is 1. The van der Waals surface area contributed by atoms with E-state index in [-0.39, 0.29) is 5.02 Å². The minimum Gasteiger partial charge on any atom is -0.493 e. The van der Waals surface area contributed by atoms with Crippen molar-refractivity contribution in [1.29, 1.82) is 0 Å². The number of rotatable bonds is 9. The van der Waals surface area contributed by atoms with Crippen molar-refractivity contribution in [3.05, 3.63) is 47.0 Å². The fourth-order valence-corrected chi connectivity index (χ4v) is 3.14. The Balaban J connectivity index is 2.05. The lowest BCUT2D eigenvalue weighted by molar-refractivity contribution is -0.272. The zero-order valence-corrected chi connectivity index (χ0v) is 17.9. The molecule has 1 heterocycles. The summed E-state index contributed by atoms with van der Waals surface area (Å²) in [5, 5.41) is 12.9. The van der Waals surface area contributed by atoms with Gasteiger partial charge >= 0.3 is 6.18 Å². The quantitative estimate of drug-likeness (QED) is 0.559. The summed E-state index contributed by atoms with van der Waals surface area (Å²) in [5.74, 6) is -0.456. The van der Waals surface area contributed by atoms with E-state index in [0.717, 1.165) is 16.8 Å². The molecular formula is C20H23ClF3N3O4. The van der Waals surface area contributed by atoms with Gasteiger partial charge in [-0.3, -0.25) is 4.79 Å². The molecule has 2 N–H and O–H groups in total. The van der Waals surface area contributed by atoms with Crippen LogP contribution in [0.5, 0.6) is 11.5 Å². The van der Waals surface area contributed by atoms with Gasteiger partial charge in [-0.1, -0.05) is 11.6 Å². The first-order valence-corrected chi connectivity index (χ1v) is 9.64. The molecule has 0 bridgehead atoms. The van der Waals surface area contributed by atoms with Gasteiger partial charge in [0.2, 0.25) is 11.5 Å². The molecule has 2 aromatic rings. The fourth-order valence-electron chi connectivity index (χ4n) is 2.86. The molecule has 0 saturated carbocycles. The molecule has 170 valence electrons. The number of aryl methyl sites for hydroxylation is 1. The van der Waals surface area contributed by atoms with Crippen molar-refractivity contribution in [2.45, 2.75) is 25.1 Å². The van der Waals surface area contributed by atoms with Gasteiger partial charge in [-0.05, 0) is 30.7 Å². The number of imidazole rings is 1. The molecule has 1 unspecified atom stereocenters. The summed E-state index contributed by atoms with van der Waals surface area (Å²) in [6.07, 6.45) is -0.758. The van der Waals surface area contributed by atoms with Crippen LogP contribution in [0.4, 0.5) is 13.2 Å². The number of aliphatic hydroxyl groups is 1. The third kappa shape index (κ3) is 5.71. The average molecular weight is 462 g/mol. The Morgan fingerprint density at radius 2 is 2.10 bits per heavy atom. The van der Waals surface area contributed by atoms with Crippen molar-refractivity contribution in [2.75, 3.05) is 20.3 Å². The van der Waals surface area contributed by atoms with Crippen LogP contribution >= 0.6 is 11.6 Å². The van der Waals surface area contributed by atoms with E-state index in [4.69, 9.17) is 21.1 Å². The van der Waals surface area contributed by atoms with E-state index in [9.17, 15) is 23.1 Å². The minimum absolute atomic E-state index is 0.284. The molecule has 0 aliphatic heterocycles. The monoisotopic (exact) mass is 461 g/mol. The molecule has 1 aromatic heterocycles. The number of aromatic nitrogens is 2. The number of hydrogen-bond donors (Lipinski definition) is 2. The largest absolute Gasteiger partial charge is 0.493 e. The summed E-state index contributed by atoms with van der Waals surface area (Å²) in [6, 6.07) is 3.16. The Labute approximate surface area is 182 Å². The van der Waals surface area contributed by atoms with E-state index in [1.807, 2.05) is 0 Å². The van der Waals surface area contributed by atoms with Gasteiger partial charge in [-0.25, -0.2) is 4.98 Å². The molecule has 0 fully saturated rings. The van der Waals surface area contributed by atoms with Crippen molar-refractivity contribution < 1.29 is 32.5 Å². The Bertz CT molecular complexity index is 946. The number of carbonyl (C=O) groups excluding carboxylic acids is 1. The molecule has 1 atom stereocenters. The molecule has 11 heteroatoms. The highest BCUT2D eigenvalue weighted by Crippen LogP contribution is 2.40. The SMILES string of the molecule is CCOc1c(Cl)cc(/C=C/C(=O)NCCC(O)(c2nccn2C)C(F)(F)F)cc1OC. The predicted octanol–water partition coefficient (Wildman–Crippen LogP) is 3.45. The molecule has 31 heavy (non-hydrogen) atoms. The van der Waals surface area contributed by atoms with Crippen molar-refractivity contribution in [1.82, 2.24) is 14.9 Å². The van der Waals surface area contributed by atoms with Gasteiger partial charge in [0.15, 0.2) is 11.5 Å². The maximum atomic E-state index is 13.5. The molecule has 7 nitrogen and oxygen atoms in total. The van der Waals surface area contributed by atoms with E-state index in [0.29, 0.717) is 23.7 Å². The maximum absolute atomic E-state index is 13.5. The van der Waals surface area contributed by atoms with E-state index in [1.165, 1.54) is 26.4 Å². The average Bonchev–Trinajstić information content (AvgIpc) is 3.13. The summed E-state index contributed by atoms with van der Waals surface area (Å²) in [5.41, 5.74) is -2.67. The summed E-state index contributed by atoms with van der Waals surface area (Å²) in [4.78, 5) is 15.6. The topological polar surface area (TPSA) is 85.6 Å². The highest BCUT2D eigenvalue weighted by molar-refractivity contribution is 6.32. The second-order valence-corrected chi connectivity index (χ2v) is 6.97. The number of alkyl halides is 3. The van der Waals surface area contributed by atoms with Gasteiger partial charge < -0.3 is 24.5 Å². The lowest BCUT2D eigenvalue weighted by atomic mass is 9.97. The van der Waals surface area contributed by atoms with Crippen LogP contribution < -0.4 is 14.8 Å². The number of benzene rings is 1. The normalized spacial score (nSPS) is 13.8. The predicted molar refractivity (Wildman–Crippen MR) is 109 cm³/mol. The number of halogens is 4. The van der Waals surface area contributed by atoms with Crippen molar-refractivity contribution >= 4 is 23.6 Å². The highest BCUT2D eigenvalue weighted by Gasteiger charge is 2.57. The first-order valence-electron chi connectivity index (χ1n) is 9.26. The Kier molecular flexibility index (Phi) is 7.96. The number of ether oxygens (including phenoxy) is 2. The number of methoxy groups -OCH3 is 1. The zero-order valence-electron chi connectivity index (χ0n) is 17.2. The van der Waals surface area contributed by atoms with Gasteiger partial charge in [-0.2, -0.15) is 13.2 Å². The first-order chi connectivity index (χ1) is 14.5. The lowest BCUT2D eigenvalue weighted by Crippen LogP contribution is -2.46. The fraction of sp³-hybridized carbons (Fsp3) is 0.400. The molecule has 0 saturated heterocycles. The molecule has 0 aliphatic rings. The van der Waals surface area contributed by atoms with Crippen LogP contribution in [0, 0.1) is 0 Å². The van der Waals surface area contributed by atoms with Crippen LogP contribution in [0.3, 0.4) is 0 Å². The summed E-state index contributed by atoms with van der Waals surface area (Å²) < 4.78 is 52.1. The maximum Gasteiger partial charge on any atom is 0.424 e. The number of nitrogens with one attached hydrogen (secondary N) is 1. The molecule has 0 aliphatic carbocycles. The molecule has 0 radical (unpaired) electrons.